The van der Waals surface area contributed by atoms with Crippen LogP contribution in [-0.2, 0) is 11.2 Å². The second-order valence-electron chi connectivity index (χ2n) is 6.02. The lowest BCUT2D eigenvalue weighted by atomic mass is 10.1. The molecule has 0 bridgehead atoms. The molecule has 27 heavy (non-hydrogen) atoms. The molecule has 0 saturated carbocycles. The third kappa shape index (κ3) is 4.07. The molecule has 0 spiro atoms. The smallest absolute Gasteiger partial charge is 0.230 e. The first-order valence-electron chi connectivity index (χ1n) is 8.38. The number of aromatic nitrogens is 3. The molecular weight excluding hydrogens is 362 g/mol. The van der Waals surface area contributed by atoms with Gasteiger partial charge in [0.05, 0.1) is 6.42 Å². The summed E-state index contributed by atoms with van der Waals surface area (Å²) in [5, 5.41) is 15.7. The average molecular weight is 378 g/mol. The topological polar surface area (TPSA) is 82.7 Å². The Morgan fingerprint density at radius 1 is 0.963 bits per heavy atom. The fourth-order valence-corrected chi connectivity index (χ4v) is 2.91. The van der Waals surface area contributed by atoms with Gasteiger partial charge in [-0.25, -0.2) is 0 Å². The molecule has 0 aliphatic heterocycles. The molecular formula is C20H16ClN5O. The number of halogens is 1. The van der Waals surface area contributed by atoms with Crippen molar-refractivity contribution >= 4 is 45.7 Å². The number of nitrogens with zero attached hydrogens (tertiary/aromatic N) is 2. The molecule has 0 fully saturated rings. The highest BCUT2D eigenvalue weighted by Gasteiger charge is 2.10. The average Bonchev–Trinajstić information content (AvgIpc) is 3.08. The number of hydrogen-bond donors (Lipinski definition) is 3. The van der Waals surface area contributed by atoms with Crippen LogP contribution in [-0.4, -0.2) is 21.1 Å². The van der Waals surface area contributed by atoms with Crippen LogP contribution in [0.5, 0.6) is 0 Å². The Hall–Kier alpha value is -3.38. The van der Waals surface area contributed by atoms with Crippen molar-refractivity contribution in [3.63, 3.8) is 0 Å². The van der Waals surface area contributed by atoms with E-state index in [1.165, 1.54) is 0 Å². The highest BCUT2D eigenvalue weighted by molar-refractivity contribution is 6.30. The first-order valence-corrected chi connectivity index (χ1v) is 8.76. The van der Waals surface area contributed by atoms with Gasteiger partial charge in [0.2, 0.25) is 5.91 Å². The maximum atomic E-state index is 12.3. The molecule has 4 rings (SSSR count). The molecule has 0 atom stereocenters. The molecule has 2 aromatic heterocycles. The van der Waals surface area contributed by atoms with Crippen LogP contribution < -0.4 is 10.6 Å². The summed E-state index contributed by atoms with van der Waals surface area (Å²) in [7, 11) is 0. The van der Waals surface area contributed by atoms with Crippen LogP contribution in [0.3, 0.4) is 0 Å². The lowest BCUT2D eigenvalue weighted by Crippen LogP contribution is -2.15. The van der Waals surface area contributed by atoms with E-state index in [0.29, 0.717) is 16.7 Å². The Bertz CT molecular complexity index is 1070. The summed E-state index contributed by atoms with van der Waals surface area (Å²) in [4.78, 5) is 15.5. The second-order valence-corrected chi connectivity index (χ2v) is 6.46. The van der Waals surface area contributed by atoms with Gasteiger partial charge in [0.15, 0.2) is 11.6 Å². The van der Waals surface area contributed by atoms with Crippen molar-refractivity contribution in [2.24, 2.45) is 0 Å². The van der Waals surface area contributed by atoms with Crippen molar-refractivity contribution in [2.45, 2.75) is 6.42 Å². The number of benzene rings is 2. The first-order chi connectivity index (χ1) is 13.2. The lowest BCUT2D eigenvalue weighted by molar-refractivity contribution is -0.115. The minimum Gasteiger partial charge on any atom is -0.361 e. The molecule has 2 heterocycles. The van der Waals surface area contributed by atoms with Crippen LogP contribution >= 0.6 is 11.6 Å². The van der Waals surface area contributed by atoms with Gasteiger partial charge in [-0.1, -0.05) is 29.8 Å². The van der Waals surface area contributed by atoms with Crippen LogP contribution in [0.1, 0.15) is 5.56 Å². The summed E-state index contributed by atoms with van der Waals surface area (Å²) in [5.41, 5.74) is 2.81. The van der Waals surface area contributed by atoms with Crippen molar-refractivity contribution in [1.82, 2.24) is 15.2 Å². The quantitative estimate of drug-likeness (QED) is 0.477. The van der Waals surface area contributed by atoms with E-state index < -0.39 is 0 Å². The van der Waals surface area contributed by atoms with Crippen LogP contribution in [0.15, 0.2) is 66.9 Å². The summed E-state index contributed by atoms with van der Waals surface area (Å²) < 4.78 is 0. The molecule has 0 aliphatic rings. The highest BCUT2D eigenvalue weighted by Crippen LogP contribution is 2.19. The van der Waals surface area contributed by atoms with Gasteiger partial charge in [-0.2, -0.15) is 0 Å². The molecule has 6 nitrogen and oxygen atoms in total. The van der Waals surface area contributed by atoms with Gasteiger partial charge in [0.1, 0.15) is 0 Å². The van der Waals surface area contributed by atoms with Crippen LogP contribution in [0.25, 0.3) is 10.9 Å². The molecule has 4 aromatic rings. The summed E-state index contributed by atoms with van der Waals surface area (Å²) in [6, 6.07) is 18.6. The third-order valence-corrected chi connectivity index (χ3v) is 4.33. The SMILES string of the molecule is O=C(Cc1c[nH]c2ccccc12)Nc1ccc(Nc2ccc(Cl)cc2)nn1. The number of amides is 1. The van der Waals surface area contributed by atoms with Gasteiger partial charge in [-0.15, -0.1) is 10.2 Å². The Labute approximate surface area is 160 Å². The molecule has 2 aromatic carbocycles. The van der Waals surface area contributed by atoms with Gasteiger partial charge in [-0.3, -0.25) is 4.79 Å². The molecule has 7 heteroatoms. The van der Waals surface area contributed by atoms with Crippen molar-refractivity contribution in [3.05, 3.63) is 77.4 Å². The summed E-state index contributed by atoms with van der Waals surface area (Å²) >= 11 is 5.87. The Kier molecular flexibility index (Phi) is 4.72. The Balaban J connectivity index is 1.39. The third-order valence-electron chi connectivity index (χ3n) is 4.07. The van der Waals surface area contributed by atoms with E-state index in [-0.39, 0.29) is 12.3 Å². The minimum atomic E-state index is -0.146. The Morgan fingerprint density at radius 3 is 2.48 bits per heavy atom. The van der Waals surface area contributed by atoms with Gasteiger partial charge >= 0.3 is 0 Å². The molecule has 1 amide bonds. The fourth-order valence-electron chi connectivity index (χ4n) is 2.78. The van der Waals surface area contributed by atoms with E-state index in [2.05, 4.69) is 25.8 Å². The van der Waals surface area contributed by atoms with Crippen molar-refractivity contribution < 1.29 is 4.79 Å². The summed E-state index contributed by atoms with van der Waals surface area (Å²) in [6.07, 6.45) is 2.12. The van der Waals surface area contributed by atoms with Crippen LogP contribution in [0, 0.1) is 0 Å². The number of carbonyl (C=O) groups excluding carboxylic acids is 1. The second kappa shape index (κ2) is 7.47. The van der Waals surface area contributed by atoms with Gasteiger partial charge < -0.3 is 15.6 Å². The molecule has 3 N–H and O–H groups in total. The molecule has 0 radical (unpaired) electrons. The van der Waals surface area contributed by atoms with E-state index in [0.717, 1.165) is 22.2 Å². The number of para-hydroxylation sites is 1. The number of aromatic amines is 1. The molecule has 0 unspecified atom stereocenters. The predicted octanol–water partition coefficient (Wildman–Crippen LogP) is 4.54. The zero-order valence-electron chi connectivity index (χ0n) is 14.2. The minimum absolute atomic E-state index is 0.146. The monoisotopic (exact) mass is 377 g/mol. The summed E-state index contributed by atoms with van der Waals surface area (Å²) in [5.74, 6) is 0.834. The Morgan fingerprint density at radius 2 is 1.70 bits per heavy atom. The first kappa shape index (κ1) is 17.1. The van der Waals surface area contributed by atoms with E-state index in [9.17, 15) is 4.79 Å². The summed E-state index contributed by atoms with van der Waals surface area (Å²) in [6.45, 7) is 0. The molecule has 0 saturated heterocycles. The molecule has 134 valence electrons. The zero-order chi connectivity index (χ0) is 18.6. The van der Waals surface area contributed by atoms with Crippen molar-refractivity contribution in [1.29, 1.82) is 0 Å². The van der Waals surface area contributed by atoms with E-state index in [1.807, 2.05) is 42.6 Å². The van der Waals surface area contributed by atoms with Gasteiger partial charge in [0.25, 0.3) is 0 Å². The number of H-pyrrole nitrogens is 1. The normalized spacial score (nSPS) is 10.7. The van der Waals surface area contributed by atoms with Crippen molar-refractivity contribution in [2.75, 3.05) is 10.6 Å². The van der Waals surface area contributed by atoms with E-state index in [4.69, 9.17) is 11.6 Å². The van der Waals surface area contributed by atoms with Gasteiger partial charge in [-0.05, 0) is 48.0 Å². The van der Waals surface area contributed by atoms with E-state index >= 15 is 0 Å². The number of nitrogens with one attached hydrogen (secondary N) is 3. The number of fused-ring (bicyclic) bond motifs is 1. The largest absolute Gasteiger partial charge is 0.361 e. The number of anilines is 3. The van der Waals surface area contributed by atoms with Crippen LogP contribution in [0.2, 0.25) is 5.02 Å². The highest BCUT2D eigenvalue weighted by atomic mass is 35.5. The standard InChI is InChI=1S/C20H16ClN5O/c21-14-5-7-15(8-6-14)23-18-9-10-19(26-25-18)24-20(27)11-13-12-22-17-4-2-1-3-16(13)17/h1-10,12,22H,11H2,(H,23,25)(H,24,26,27). The molecule has 0 aliphatic carbocycles. The predicted molar refractivity (Wildman–Crippen MR) is 107 cm³/mol. The fraction of sp³-hybridized carbons (Fsp3) is 0.0500. The maximum absolute atomic E-state index is 12.3. The number of carbonyl (C=O) groups is 1. The zero-order valence-corrected chi connectivity index (χ0v) is 15.0. The number of rotatable bonds is 5. The number of hydrogen-bond acceptors (Lipinski definition) is 4. The van der Waals surface area contributed by atoms with Crippen molar-refractivity contribution in [3.8, 4) is 0 Å². The lowest BCUT2D eigenvalue weighted by Gasteiger charge is -2.07. The van der Waals surface area contributed by atoms with E-state index in [1.54, 1.807) is 24.3 Å². The van der Waals surface area contributed by atoms with Gasteiger partial charge in [0, 0.05) is 27.8 Å². The maximum Gasteiger partial charge on any atom is 0.230 e. The van der Waals surface area contributed by atoms with Crippen LogP contribution in [0.4, 0.5) is 17.3 Å².